The number of carbonyl (C=O) groups is 1. The summed E-state index contributed by atoms with van der Waals surface area (Å²) in [5, 5.41) is 14.2. The molecule has 0 radical (unpaired) electrons. The molecule has 0 aromatic heterocycles. The summed E-state index contributed by atoms with van der Waals surface area (Å²) in [6.45, 7) is 3.30. The topological polar surface area (TPSA) is 118 Å². The number of hydrogen-bond acceptors (Lipinski definition) is 5. The maximum Gasteiger partial charge on any atom is 0.271 e. The van der Waals surface area contributed by atoms with E-state index >= 15 is 0 Å². The molecule has 0 spiro atoms. The van der Waals surface area contributed by atoms with Crippen LogP contribution in [0, 0.1) is 24.0 Å². The fourth-order valence-corrected chi connectivity index (χ4v) is 4.11. The van der Waals surface area contributed by atoms with Crippen molar-refractivity contribution in [2.24, 2.45) is 0 Å². The van der Waals surface area contributed by atoms with Gasteiger partial charge in [-0.1, -0.05) is 17.7 Å². The average Bonchev–Trinajstić information content (AvgIpc) is 2.71. The van der Waals surface area contributed by atoms with Crippen LogP contribution in [-0.2, 0) is 10.0 Å². The van der Waals surface area contributed by atoms with Gasteiger partial charge in [0, 0.05) is 28.4 Å². The Morgan fingerprint density at radius 3 is 2.23 bits per heavy atom. The number of aryl methyl sites for hydroxylation is 2. The molecule has 0 aliphatic rings. The number of nitro benzene ring substituents is 1. The minimum Gasteiger partial charge on any atom is -0.322 e. The van der Waals surface area contributed by atoms with Crippen molar-refractivity contribution in [3.8, 4) is 0 Å². The van der Waals surface area contributed by atoms with E-state index in [1.807, 2.05) is 0 Å². The minimum absolute atomic E-state index is 0.0413. The molecule has 0 bridgehead atoms. The van der Waals surface area contributed by atoms with Crippen molar-refractivity contribution in [2.75, 3.05) is 10.0 Å². The third kappa shape index (κ3) is 5.19. The van der Waals surface area contributed by atoms with Gasteiger partial charge in [-0.25, -0.2) is 8.42 Å². The van der Waals surface area contributed by atoms with Crippen LogP contribution in [0.15, 0.2) is 65.6 Å². The van der Waals surface area contributed by atoms with E-state index in [-0.39, 0.29) is 22.2 Å². The lowest BCUT2D eigenvalue weighted by atomic mass is 10.1. The van der Waals surface area contributed by atoms with Crippen LogP contribution in [0.5, 0.6) is 0 Å². The zero-order valence-electron chi connectivity index (χ0n) is 16.5. The Morgan fingerprint density at radius 1 is 0.935 bits per heavy atom. The molecule has 0 heterocycles. The number of nitrogens with zero attached hydrogens (tertiary/aromatic N) is 1. The van der Waals surface area contributed by atoms with Crippen LogP contribution in [0.2, 0.25) is 5.02 Å². The van der Waals surface area contributed by atoms with Crippen LogP contribution < -0.4 is 10.0 Å². The van der Waals surface area contributed by atoms with E-state index in [1.165, 1.54) is 36.4 Å². The summed E-state index contributed by atoms with van der Waals surface area (Å²) in [4.78, 5) is 22.7. The number of hydrogen-bond donors (Lipinski definition) is 2. The number of halogens is 1. The van der Waals surface area contributed by atoms with Gasteiger partial charge < -0.3 is 5.32 Å². The summed E-state index contributed by atoms with van der Waals surface area (Å²) in [6.07, 6.45) is 0. The van der Waals surface area contributed by atoms with Gasteiger partial charge in [-0.05, 0) is 67.4 Å². The first-order valence-corrected chi connectivity index (χ1v) is 10.9. The minimum atomic E-state index is -4.00. The van der Waals surface area contributed by atoms with Crippen LogP contribution in [0.3, 0.4) is 0 Å². The predicted molar refractivity (Wildman–Crippen MR) is 119 cm³/mol. The molecular formula is C21H18ClN3O5S. The van der Waals surface area contributed by atoms with Crippen LogP contribution in [-0.4, -0.2) is 19.2 Å². The first-order valence-electron chi connectivity index (χ1n) is 9.02. The van der Waals surface area contributed by atoms with Crippen LogP contribution in [0.4, 0.5) is 17.1 Å². The first kappa shape index (κ1) is 22.3. The van der Waals surface area contributed by atoms with Crippen molar-refractivity contribution in [1.29, 1.82) is 0 Å². The van der Waals surface area contributed by atoms with E-state index in [0.29, 0.717) is 27.4 Å². The Hall–Kier alpha value is -3.43. The summed E-state index contributed by atoms with van der Waals surface area (Å²) >= 11 is 5.83. The summed E-state index contributed by atoms with van der Waals surface area (Å²) in [5.74, 6) is -0.360. The second-order valence-electron chi connectivity index (χ2n) is 6.80. The van der Waals surface area contributed by atoms with Gasteiger partial charge in [0.25, 0.3) is 21.6 Å². The van der Waals surface area contributed by atoms with Crippen LogP contribution >= 0.6 is 11.6 Å². The Morgan fingerprint density at radius 2 is 1.61 bits per heavy atom. The molecule has 0 aliphatic carbocycles. The largest absolute Gasteiger partial charge is 0.322 e. The van der Waals surface area contributed by atoms with Crippen LogP contribution in [0.1, 0.15) is 21.5 Å². The van der Waals surface area contributed by atoms with E-state index in [2.05, 4.69) is 10.0 Å². The maximum absolute atomic E-state index is 12.8. The Bertz CT molecular complexity index is 1270. The van der Waals surface area contributed by atoms with Crippen molar-refractivity contribution in [3.63, 3.8) is 0 Å². The molecule has 0 saturated heterocycles. The highest BCUT2D eigenvalue weighted by Crippen LogP contribution is 2.26. The molecule has 3 rings (SSSR count). The van der Waals surface area contributed by atoms with E-state index in [1.54, 1.807) is 38.1 Å². The Labute approximate surface area is 184 Å². The predicted octanol–water partition coefficient (Wildman–Crippen LogP) is 4.92. The highest BCUT2D eigenvalue weighted by atomic mass is 35.5. The van der Waals surface area contributed by atoms with E-state index in [0.717, 1.165) is 0 Å². The number of benzene rings is 3. The molecule has 0 saturated carbocycles. The molecule has 2 N–H and O–H groups in total. The third-order valence-corrected chi connectivity index (χ3v) is 6.15. The summed E-state index contributed by atoms with van der Waals surface area (Å²) in [6, 6.07) is 14.5. The molecule has 3 aromatic rings. The van der Waals surface area contributed by atoms with Crippen molar-refractivity contribution in [2.45, 2.75) is 18.7 Å². The van der Waals surface area contributed by atoms with Gasteiger partial charge in [-0.2, -0.15) is 0 Å². The smallest absolute Gasteiger partial charge is 0.271 e. The van der Waals surface area contributed by atoms with Crippen molar-refractivity contribution < 1.29 is 18.1 Å². The molecule has 0 atom stereocenters. The van der Waals surface area contributed by atoms with Gasteiger partial charge in [-0.3, -0.25) is 19.6 Å². The standard InChI is InChI=1S/C21H18ClN3O5S/c1-13-3-8-17(25(27)28)12-20(13)24-31(29,30)18-9-10-19(14(2)11-18)23-21(26)15-4-6-16(22)7-5-15/h3-12,24H,1-2H3,(H,23,26). The second kappa shape index (κ2) is 8.75. The molecular weight excluding hydrogens is 442 g/mol. The highest BCUT2D eigenvalue weighted by molar-refractivity contribution is 7.92. The number of rotatable bonds is 6. The van der Waals surface area contributed by atoms with Gasteiger partial charge in [0.1, 0.15) is 0 Å². The lowest BCUT2D eigenvalue weighted by Gasteiger charge is -2.13. The quantitative estimate of drug-likeness (QED) is 0.400. The molecule has 160 valence electrons. The zero-order chi connectivity index (χ0) is 22.8. The van der Waals surface area contributed by atoms with E-state index < -0.39 is 14.9 Å². The normalized spacial score (nSPS) is 11.1. The molecule has 8 nitrogen and oxygen atoms in total. The van der Waals surface area contributed by atoms with Crippen molar-refractivity contribution in [3.05, 3.63) is 92.5 Å². The monoisotopic (exact) mass is 459 g/mol. The first-order chi connectivity index (χ1) is 14.6. The van der Waals surface area contributed by atoms with Gasteiger partial charge in [0.05, 0.1) is 15.5 Å². The fourth-order valence-electron chi connectivity index (χ4n) is 2.78. The second-order valence-corrected chi connectivity index (χ2v) is 8.92. The molecule has 0 fully saturated rings. The van der Waals surface area contributed by atoms with Gasteiger partial charge in [-0.15, -0.1) is 0 Å². The fraction of sp³-hybridized carbons (Fsp3) is 0.0952. The number of nitrogens with one attached hydrogen (secondary N) is 2. The van der Waals surface area contributed by atoms with Crippen molar-refractivity contribution in [1.82, 2.24) is 0 Å². The number of carbonyl (C=O) groups excluding carboxylic acids is 1. The number of amides is 1. The SMILES string of the molecule is Cc1cc(S(=O)(=O)Nc2cc([N+](=O)[O-])ccc2C)ccc1NC(=O)c1ccc(Cl)cc1. The number of anilines is 2. The van der Waals surface area contributed by atoms with Gasteiger partial charge in [0.2, 0.25) is 0 Å². The molecule has 3 aromatic carbocycles. The molecule has 0 aliphatic heterocycles. The summed E-state index contributed by atoms with van der Waals surface area (Å²) < 4.78 is 28.0. The summed E-state index contributed by atoms with van der Waals surface area (Å²) in [7, 11) is -4.00. The van der Waals surface area contributed by atoms with Gasteiger partial charge in [0.15, 0.2) is 0 Å². The number of non-ortho nitro benzene ring substituents is 1. The van der Waals surface area contributed by atoms with Gasteiger partial charge >= 0.3 is 0 Å². The lowest BCUT2D eigenvalue weighted by Crippen LogP contribution is -2.16. The maximum atomic E-state index is 12.8. The lowest BCUT2D eigenvalue weighted by molar-refractivity contribution is -0.384. The van der Waals surface area contributed by atoms with E-state index in [4.69, 9.17) is 11.6 Å². The molecule has 0 unspecified atom stereocenters. The Balaban J connectivity index is 1.83. The number of sulfonamides is 1. The average molecular weight is 460 g/mol. The zero-order valence-corrected chi connectivity index (χ0v) is 18.1. The van der Waals surface area contributed by atoms with E-state index in [9.17, 15) is 23.3 Å². The highest BCUT2D eigenvalue weighted by Gasteiger charge is 2.19. The third-order valence-electron chi connectivity index (χ3n) is 4.54. The Kier molecular flexibility index (Phi) is 6.28. The van der Waals surface area contributed by atoms with Crippen LogP contribution in [0.25, 0.3) is 0 Å². The van der Waals surface area contributed by atoms with Crippen molar-refractivity contribution >= 4 is 44.6 Å². The number of nitro groups is 1. The molecule has 10 heteroatoms. The summed E-state index contributed by atoms with van der Waals surface area (Å²) in [5.41, 5.74) is 1.82. The molecule has 31 heavy (non-hydrogen) atoms. The molecule has 1 amide bonds.